The zero-order valence-corrected chi connectivity index (χ0v) is 9.06. The number of rotatable bonds is 3. The van der Waals surface area contributed by atoms with Crippen LogP contribution in [0.5, 0.6) is 5.75 Å². The van der Waals surface area contributed by atoms with E-state index in [-0.39, 0.29) is 6.10 Å². The average Bonchev–Trinajstić information content (AvgIpc) is 2.60. The van der Waals surface area contributed by atoms with Crippen LogP contribution in [0.25, 0.3) is 0 Å². The third-order valence-corrected chi connectivity index (χ3v) is 2.69. The Hall–Kier alpha value is -0.995. The van der Waals surface area contributed by atoms with E-state index < -0.39 is 7.12 Å². The highest BCUT2D eigenvalue weighted by molar-refractivity contribution is 6.61. The average molecular weight is 206 g/mol. The normalized spacial score (nSPS) is 16.3. The van der Waals surface area contributed by atoms with Gasteiger partial charge in [-0.25, -0.2) is 0 Å². The molecule has 0 bridgehead atoms. The Balaban J connectivity index is 2.18. The minimum atomic E-state index is -0.791. The summed E-state index contributed by atoms with van der Waals surface area (Å²) in [6, 6.07) is 5.73. The number of hydrogen-bond donors (Lipinski definition) is 1. The molecule has 1 aromatic carbocycles. The van der Waals surface area contributed by atoms with Crippen LogP contribution < -0.4 is 10.2 Å². The lowest BCUT2D eigenvalue weighted by molar-refractivity contribution is 0.217. The van der Waals surface area contributed by atoms with Gasteiger partial charge in [-0.1, -0.05) is 13.0 Å². The zero-order chi connectivity index (χ0) is 10.8. The maximum Gasteiger partial charge on any atom is 0.491 e. The maximum atomic E-state index is 9.52. The van der Waals surface area contributed by atoms with Gasteiger partial charge in [0.05, 0.1) is 12.7 Å². The van der Waals surface area contributed by atoms with Gasteiger partial charge in [-0.3, -0.25) is 0 Å². The summed E-state index contributed by atoms with van der Waals surface area (Å²) in [5.41, 5.74) is 1.87. The molecule has 0 fully saturated rings. The Bertz CT molecular complexity index is 354. The van der Waals surface area contributed by atoms with Gasteiger partial charge in [-0.05, 0) is 36.5 Å². The Kier molecular flexibility index (Phi) is 2.98. The van der Waals surface area contributed by atoms with Crippen LogP contribution in [0.2, 0.25) is 0 Å². The van der Waals surface area contributed by atoms with Crippen LogP contribution in [0.15, 0.2) is 18.2 Å². The molecule has 0 spiro atoms. The van der Waals surface area contributed by atoms with E-state index >= 15 is 0 Å². The van der Waals surface area contributed by atoms with Crippen molar-refractivity contribution in [3.8, 4) is 5.75 Å². The minimum absolute atomic E-state index is 0.197. The highest BCUT2D eigenvalue weighted by Crippen LogP contribution is 2.17. The van der Waals surface area contributed by atoms with Gasteiger partial charge in [0, 0.05) is 0 Å². The fraction of sp³-hybridized carbons (Fsp3) is 0.455. The van der Waals surface area contributed by atoms with E-state index in [4.69, 9.17) is 9.39 Å². The van der Waals surface area contributed by atoms with E-state index in [1.54, 1.807) is 0 Å². The molecule has 1 unspecified atom stereocenters. The molecule has 4 heteroatoms. The molecular weight excluding hydrogens is 191 g/mol. The van der Waals surface area contributed by atoms with Gasteiger partial charge in [0.2, 0.25) is 0 Å². The second kappa shape index (κ2) is 4.25. The van der Waals surface area contributed by atoms with Crippen molar-refractivity contribution in [1.29, 1.82) is 0 Å². The molecule has 1 N–H and O–H groups in total. The van der Waals surface area contributed by atoms with E-state index in [0.717, 1.165) is 23.2 Å². The summed E-state index contributed by atoms with van der Waals surface area (Å²) in [5.74, 6) is 0.799. The van der Waals surface area contributed by atoms with Crippen LogP contribution in [-0.2, 0) is 11.3 Å². The molecule has 0 saturated carbocycles. The van der Waals surface area contributed by atoms with E-state index in [9.17, 15) is 5.02 Å². The number of benzene rings is 1. The number of hydrogen-bond acceptors (Lipinski definition) is 3. The lowest BCUT2D eigenvalue weighted by Crippen LogP contribution is -2.28. The Morgan fingerprint density at radius 1 is 1.60 bits per heavy atom. The van der Waals surface area contributed by atoms with Gasteiger partial charge >= 0.3 is 7.12 Å². The fourth-order valence-electron chi connectivity index (χ4n) is 1.58. The Morgan fingerprint density at radius 3 is 3.13 bits per heavy atom. The number of fused-ring (bicyclic) bond motifs is 1. The molecule has 1 aliphatic heterocycles. The molecule has 80 valence electrons. The molecule has 0 aliphatic carbocycles. The van der Waals surface area contributed by atoms with E-state index in [0.29, 0.717) is 6.61 Å². The lowest BCUT2D eigenvalue weighted by atomic mass is 9.79. The topological polar surface area (TPSA) is 38.7 Å². The first-order valence-electron chi connectivity index (χ1n) is 5.30. The summed E-state index contributed by atoms with van der Waals surface area (Å²) in [5, 5.41) is 9.52. The SMILES string of the molecule is CCC(C)Oc1ccc2c(c1)B(O)OC2. The zero-order valence-electron chi connectivity index (χ0n) is 9.06. The fourth-order valence-corrected chi connectivity index (χ4v) is 1.58. The first kappa shape index (κ1) is 10.5. The predicted octanol–water partition coefficient (Wildman–Crippen LogP) is 1.08. The molecule has 0 radical (unpaired) electrons. The summed E-state index contributed by atoms with van der Waals surface area (Å²) < 4.78 is 10.8. The first-order valence-corrected chi connectivity index (χ1v) is 5.30. The van der Waals surface area contributed by atoms with Crippen molar-refractivity contribution >= 4 is 12.6 Å². The molecule has 0 saturated heterocycles. The molecule has 0 aromatic heterocycles. The summed E-state index contributed by atoms with van der Waals surface area (Å²) in [7, 11) is -0.791. The van der Waals surface area contributed by atoms with Gasteiger partial charge in [0.25, 0.3) is 0 Å². The van der Waals surface area contributed by atoms with E-state index in [1.807, 2.05) is 25.1 Å². The monoisotopic (exact) mass is 206 g/mol. The number of ether oxygens (including phenoxy) is 1. The molecule has 0 amide bonds. The quantitative estimate of drug-likeness (QED) is 0.752. The molecule has 1 aliphatic rings. The molecule has 2 rings (SSSR count). The minimum Gasteiger partial charge on any atom is -0.491 e. The van der Waals surface area contributed by atoms with Gasteiger partial charge in [0.1, 0.15) is 5.75 Å². The van der Waals surface area contributed by atoms with Crippen LogP contribution in [0.4, 0.5) is 0 Å². The van der Waals surface area contributed by atoms with Gasteiger partial charge in [-0.2, -0.15) is 0 Å². The smallest absolute Gasteiger partial charge is 0.491 e. The van der Waals surface area contributed by atoms with Crippen molar-refractivity contribution in [3.05, 3.63) is 23.8 Å². The Labute approximate surface area is 90.2 Å². The summed E-state index contributed by atoms with van der Waals surface area (Å²) in [6.07, 6.45) is 1.17. The second-order valence-electron chi connectivity index (χ2n) is 3.86. The molecule has 1 atom stereocenters. The molecule has 3 nitrogen and oxygen atoms in total. The highest BCUT2D eigenvalue weighted by atomic mass is 16.5. The van der Waals surface area contributed by atoms with Crippen LogP contribution >= 0.6 is 0 Å². The van der Waals surface area contributed by atoms with Gasteiger partial charge < -0.3 is 14.4 Å². The van der Waals surface area contributed by atoms with Crippen molar-refractivity contribution < 1.29 is 14.4 Å². The summed E-state index contributed by atoms with van der Waals surface area (Å²) >= 11 is 0. The Morgan fingerprint density at radius 2 is 2.40 bits per heavy atom. The van der Waals surface area contributed by atoms with Crippen molar-refractivity contribution in [3.63, 3.8) is 0 Å². The summed E-state index contributed by atoms with van der Waals surface area (Å²) in [4.78, 5) is 0. The van der Waals surface area contributed by atoms with Crippen molar-refractivity contribution in [2.45, 2.75) is 33.0 Å². The van der Waals surface area contributed by atoms with Crippen LogP contribution in [0.3, 0.4) is 0 Å². The van der Waals surface area contributed by atoms with E-state index in [1.165, 1.54) is 0 Å². The standard InChI is InChI=1S/C11H15BO3/c1-3-8(2)15-10-5-4-9-7-14-12(13)11(9)6-10/h4-6,8,13H,3,7H2,1-2H3. The van der Waals surface area contributed by atoms with Crippen molar-refractivity contribution in [1.82, 2.24) is 0 Å². The largest absolute Gasteiger partial charge is 0.491 e. The molecule has 15 heavy (non-hydrogen) atoms. The van der Waals surface area contributed by atoms with E-state index in [2.05, 4.69) is 6.92 Å². The first-order chi connectivity index (χ1) is 7.20. The van der Waals surface area contributed by atoms with Crippen LogP contribution in [0.1, 0.15) is 25.8 Å². The molecule has 1 heterocycles. The van der Waals surface area contributed by atoms with Crippen molar-refractivity contribution in [2.75, 3.05) is 0 Å². The van der Waals surface area contributed by atoms with Gasteiger partial charge in [0.15, 0.2) is 0 Å². The predicted molar refractivity (Wildman–Crippen MR) is 59.2 cm³/mol. The van der Waals surface area contributed by atoms with Crippen LogP contribution in [-0.4, -0.2) is 18.2 Å². The third kappa shape index (κ3) is 2.16. The maximum absolute atomic E-state index is 9.52. The molecular formula is C11H15BO3. The third-order valence-electron chi connectivity index (χ3n) is 2.69. The van der Waals surface area contributed by atoms with Crippen LogP contribution in [0, 0.1) is 0 Å². The van der Waals surface area contributed by atoms with Crippen molar-refractivity contribution in [2.24, 2.45) is 0 Å². The lowest BCUT2D eigenvalue weighted by Gasteiger charge is -2.13. The highest BCUT2D eigenvalue weighted by Gasteiger charge is 2.27. The van der Waals surface area contributed by atoms with Gasteiger partial charge in [-0.15, -0.1) is 0 Å². The summed E-state index contributed by atoms with van der Waals surface area (Å²) in [6.45, 7) is 4.59. The molecule has 1 aromatic rings. The second-order valence-corrected chi connectivity index (χ2v) is 3.86.